The van der Waals surface area contributed by atoms with Gasteiger partial charge >= 0.3 is 5.97 Å². The minimum atomic E-state index is -4.70. The topological polar surface area (TPSA) is 114 Å². The Bertz CT molecular complexity index is 1460. The predicted octanol–water partition coefficient (Wildman–Crippen LogP) is 19.8. The summed E-state index contributed by atoms with van der Waals surface area (Å²) in [6, 6.07) is -0.887. The van der Waals surface area contributed by atoms with Crippen molar-refractivity contribution in [2.24, 2.45) is 0 Å². The second kappa shape index (κ2) is 57.2. The van der Waals surface area contributed by atoms with E-state index in [1.165, 1.54) is 212 Å². The monoisotopic (exact) mass is 1100 g/mol. The van der Waals surface area contributed by atoms with Crippen LogP contribution in [-0.4, -0.2) is 69.4 Å². The molecule has 10 heteroatoms. The fraction of sp³-hybridized carbons (Fsp3) is 0.851. The van der Waals surface area contributed by atoms with Crippen LogP contribution in [0.2, 0.25) is 0 Å². The van der Waals surface area contributed by atoms with Gasteiger partial charge in [-0.1, -0.05) is 282 Å². The molecule has 3 unspecified atom stereocenters. The standard InChI is InChI=1S/C67H127N2O7P/c1-7-10-13-16-19-22-25-27-29-31-32-33-34-35-36-38-40-42-45-48-51-54-57-60-67(71)76-65(58-55-52-49-46-43-24-21-18-15-12-9-3)64(63-75-77(72,73)74-62-61-69(4,5)6)68-66(70)59-56-53-50-47-44-41-39-37-30-28-26-23-20-17-14-11-8-2/h19,22,27,29,32-33,55,58,64-65H,7-18,20-21,23-26,28,30-31,34-54,56-57,59-63H2,1-6H3,(H-,68,70,72,73)/b22-19-,29-27-,33-32-,58-55+. The highest BCUT2D eigenvalue weighted by Crippen LogP contribution is 2.38. The number of carbonyl (C=O) groups excluding carboxylic acids is 2. The first-order chi connectivity index (χ1) is 37.4. The van der Waals surface area contributed by atoms with Gasteiger partial charge in [-0.3, -0.25) is 14.2 Å². The molecule has 0 aromatic heterocycles. The van der Waals surface area contributed by atoms with Gasteiger partial charge in [0.25, 0.3) is 7.82 Å². The summed E-state index contributed by atoms with van der Waals surface area (Å²) < 4.78 is 30.4. The average molecular weight is 1100 g/mol. The molecule has 452 valence electrons. The number of hydrogen-bond donors (Lipinski definition) is 1. The van der Waals surface area contributed by atoms with Crippen molar-refractivity contribution in [2.75, 3.05) is 40.9 Å². The zero-order valence-corrected chi connectivity index (χ0v) is 52.6. The summed E-state index contributed by atoms with van der Waals surface area (Å²) in [4.78, 5) is 40.0. The summed E-state index contributed by atoms with van der Waals surface area (Å²) in [6.45, 7) is 6.85. The lowest BCUT2D eigenvalue weighted by atomic mass is 10.0. The maximum atomic E-state index is 13.5. The van der Waals surface area contributed by atoms with Crippen molar-refractivity contribution in [1.82, 2.24) is 5.32 Å². The van der Waals surface area contributed by atoms with Crippen LogP contribution in [0.4, 0.5) is 0 Å². The Balaban J connectivity index is 5.11. The zero-order valence-electron chi connectivity index (χ0n) is 51.7. The predicted molar refractivity (Wildman–Crippen MR) is 330 cm³/mol. The summed E-state index contributed by atoms with van der Waals surface area (Å²) in [7, 11) is 1.19. The summed E-state index contributed by atoms with van der Waals surface area (Å²) >= 11 is 0. The van der Waals surface area contributed by atoms with E-state index in [0.717, 1.165) is 70.6 Å². The fourth-order valence-corrected chi connectivity index (χ4v) is 10.4. The minimum Gasteiger partial charge on any atom is -0.756 e. The van der Waals surface area contributed by atoms with E-state index in [1.807, 2.05) is 33.3 Å². The number of carbonyl (C=O) groups is 2. The Hall–Kier alpha value is -2.03. The molecule has 0 radical (unpaired) electrons. The lowest BCUT2D eigenvalue weighted by Gasteiger charge is -2.30. The van der Waals surface area contributed by atoms with Crippen molar-refractivity contribution >= 4 is 19.7 Å². The number of ether oxygens (including phenoxy) is 1. The van der Waals surface area contributed by atoms with Crippen LogP contribution in [0.3, 0.4) is 0 Å². The van der Waals surface area contributed by atoms with Crippen molar-refractivity contribution in [3.63, 3.8) is 0 Å². The number of rotatable bonds is 60. The number of phosphoric ester groups is 1. The van der Waals surface area contributed by atoms with Gasteiger partial charge in [-0.05, 0) is 70.3 Å². The molecule has 0 aliphatic carbocycles. The lowest BCUT2D eigenvalue weighted by Crippen LogP contribution is -2.47. The van der Waals surface area contributed by atoms with E-state index in [0.29, 0.717) is 17.4 Å². The molecular formula is C67H127N2O7P. The molecule has 1 amide bonds. The summed E-state index contributed by atoms with van der Waals surface area (Å²) in [5, 5.41) is 3.04. The molecule has 0 aromatic rings. The number of allylic oxidation sites excluding steroid dienone is 7. The summed E-state index contributed by atoms with van der Waals surface area (Å²) in [5.74, 6) is -0.533. The second-order valence-corrected chi connectivity index (χ2v) is 25.0. The van der Waals surface area contributed by atoms with Crippen molar-refractivity contribution in [3.05, 3.63) is 48.6 Å². The maximum Gasteiger partial charge on any atom is 0.306 e. The Labute approximate surface area is 478 Å². The third-order valence-corrected chi connectivity index (χ3v) is 15.7. The van der Waals surface area contributed by atoms with Gasteiger partial charge in [-0.15, -0.1) is 0 Å². The first-order valence-corrected chi connectivity index (χ1v) is 34.4. The number of quaternary nitrogens is 1. The van der Waals surface area contributed by atoms with Crippen LogP contribution in [-0.2, 0) is 27.9 Å². The average Bonchev–Trinajstić information content (AvgIpc) is 3.39. The Morgan fingerprint density at radius 3 is 1.21 bits per heavy atom. The quantitative estimate of drug-likeness (QED) is 0.0212. The molecule has 0 aliphatic rings. The molecule has 77 heavy (non-hydrogen) atoms. The van der Waals surface area contributed by atoms with Gasteiger partial charge in [0, 0.05) is 12.8 Å². The van der Waals surface area contributed by atoms with Crippen LogP contribution >= 0.6 is 7.82 Å². The van der Waals surface area contributed by atoms with Crippen LogP contribution in [0.5, 0.6) is 0 Å². The van der Waals surface area contributed by atoms with Crippen LogP contribution in [0.25, 0.3) is 0 Å². The van der Waals surface area contributed by atoms with Crippen molar-refractivity contribution in [2.45, 2.75) is 328 Å². The van der Waals surface area contributed by atoms with E-state index in [1.54, 1.807) is 0 Å². The molecule has 0 fully saturated rings. The maximum absolute atomic E-state index is 13.5. The Kier molecular flexibility index (Phi) is 55.7. The van der Waals surface area contributed by atoms with Gasteiger partial charge in [-0.25, -0.2) is 0 Å². The Morgan fingerprint density at radius 1 is 0.455 bits per heavy atom. The van der Waals surface area contributed by atoms with E-state index in [2.05, 4.69) is 62.5 Å². The van der Waals surface area contributed by atoms with Crippen LogP contribution in [0.1, 0.15) is 316 Å². The highest BCUT2D eigenvalue weighted by Gasteiger charge is 2.27. The number of phosphoric acid groups is 1. The summed E-state index contributed by atoms with van der Waals surface area (Å²) in [5.41, 5.74) is 0. The van der Waals surface area contributed by atoms with Gasteiger partial charge in [0.1, 0.15) is 19.3 Å². The molecule has 0 bridgehead atoms. The van der Waals surface area contributed by atoms with Crippen molar-refractivity contribution in [1.29, 1.82) is 0 Å². The Morgan fingerprint density at radius 2 is 0.792 bits per heavy atom. The number of likely N-dealkylation sites (N-methyl/N-ethyl adjacent to an activating group) is 1. The number of nitrogens with one attached hydrogen (secondary N) is 1. The van der Waals surface area contributed by atoms with Gasteiger partial charge in [0.05, 0.1) is 33.8 Å². The third-order valence-electron chi connectivity index (χ3n) is 14.8. The number of esters is 1. The number of unbranched alkanes of at least 4 members (excludes halogenated alkanes) is 38. The molecule has 0 saturated heterocycles. The summed E-state index contributed by atoms with van der Waals surface area (Å²) in [6.07, 6.45) is 70.8. The number of hydrogen-bond acceptors (Lipinski definition) is 7. The van der Waals surface area contributed by atoms with Gasteiger partial charge < -0.3 is 28.5 Å². The normalized spacial score (nSPS) is 13.9. The van der Waals surface area contributed by atoms with Crippen LogP contribution in [0, 0.1) is 0 Å². The number of nitrogens with zero attached hydrogens (tertiary/aromatic N) is 1. The van der Waals surface area contributed by atoms with E-state index < -0.39 is 20.0 Å². The first-order valence-electron chi connectivity index (χ1n) is 32.9. The molecule has 3 atom stereocenters. The molecule has 0 heterocycles. The molecular weight excluding hydrogens is 976 g/mol. The van der Waals surface area contributed by atoms with E-state index >= 15 is 0 Å². The minimum absolute atomic E-state index is 0.0214. The van der Waals surface area contributed by atoms with Crippen molar-refractivity contribution < 1.29 is 37.3 Å². The molecule has 0 aliphatic heterocycles. The molecule has 0 rings (SSSR count). The molecule has 0 spiro atoms. The second-order valence-electron chi connectivity index (χ2n) is 23.6. The van der Waals surface area contributed by atoms with E-state index in [-0.39, 0.29) is 31.5 Å². The highest BCUT2D eigenvalue weighted by molar-refractivity contribution is 7.45. The van der Waals surface area contributed by atoms with Gasteiger partial charge in [0.15, 0.2) is 0 Å². The largest absolute Gasteiger partial charge is 0.756 e. The van der Waals surface area contributed by atoms with Crippen molar-refractivity contribution in [3.8, 4) is 0 Å². The molecule has 0 saturated carbocycles. The zero-order chi connectivity index (χ0) is 56.4. The van der Waals surface area contributed by atoms with Gasteiger partial charge in [0.2, 0.25) is 5.91 Å². The van der Waals surface area contributed by atoms with E-state index in [9.17, 15) is 19.0 Å². The van der Waals surface area contributed by atoms with E-state index in [4.69, 9.17) is 13.8 Å². The molecule has 9 nitrogen and oxygen atoms in total. The SMILES string of the molecule is CCCCC/C=C\C/C=C\C/C=C\CCCCCCCCCCCCC(=O)OC(/C=C/CCCCCCCCCCC)C(COP(=O)([O-])OCC[N+](C)(C)C)NC(=O)CCCCCCCCCCCCCCCCCCC. The first kappa shape index (κ1) is 75.0. The van der Waals surface area contributed by atoms with Gasteiger partial charge in [-0.2, -0.15) is 0 Å². The molecule has 0 aromatic carbocycles. The number of amides is 1. The van der Waals surface area contributed by atoms with Crippen LogP contribution in [0.15, 0.2) is 48.6 Å². The fourth-order valence-electron chi connectivity index (χ4n) is 9.65. The van der Waals surface area contributed by atoms with Crippen LogP contribution < -0.4 is 10.2 Å². The lowest BCUT2D eigenvalue weighted by molar-refractivity contribution is -0.870. The third kappa shape index (κ3) is 58.4. The highest BCUT2D eigenvalue weighted by atomic mass is 31.2. The molecule has 1 N–H and O–H groups in total. The smallest absolute Gasteiger partial charge is 0.306 e.